The van der Waals surface area contributed by atoms with Crippen LogP contribution in [0, 0.1) is 5.92 Å². The molecule has 1 aliphatic carbocycles. The molecule has 2 nitrogen and oxygen atoms in total. The maximum Gasteiger partial charge on any atom is 0.0644 e. The molecule has 1 aliphatic rings. The summed E-state index contributed by atoms with van der Waals surface area (Å²) in [5.74, 6) is 0.501. The SMILES string of the molecule is C/C=C(/CO)[C@@H]1CCc2c([nH]c3ccccc23)C1. The standard InChI is InChI=1S/C16H19NO/c1-2-11(10-18)12-7-8-14-13-5-3-4-6-15(13)17-16(14)9-12/h2-6,12,17-18H,7-10H2,1H3/b11-2-/t12-/m1/s1. The van der Waals surface area contributed by atoms with Crippen LogP contribution < -0.4 is 0 Å². The number of allylic oxidation sites excluding steroid dienone is 1. The van der Waals surface area contributed by atoms with E-state index in [0.29, 0.717) is 5.92 Å². The number of rotatable bonds is 2. The second-order valence-corrected chi connectivity index (χ2v) is 5.09. The number of aliphatic hydroxyl groups excluding tert-OH is 1. The molecule has 0 fully saturated rings. The number of aryl methyl sites for hydroxylation is 1. The van der Waals surface area contributed by atoms with Gasteiger partial charge >= 0.3 is 0 Å². The molecule has 0 saturated carbocycles. The quantitative estimate of drug-likeness (QED) is 0.778. The van der Waals surface area contributed by atoms with Crippen LogP contribution in [-0.4, -0.2) is 16.7 Å². The Morgan fingerprint density at radius 3 is 3.06 bits per heavy atom. The van der Waals surface area contributed by atoms with Crippen molar-refractivity contribution in [3.05, 3.63) is 47.2 Å². The van der Waals surface area contributed by atoms with E-state index >= 15 is 0 Å². The van der Waals surface area contributed by atoms with Gasteiger partial charge in [-0.1, -0.05) is 24.3 Å². The van der Waals surface area contributed by atoms with Crippen LogP contribution in [0.4, 0.5) is 0 Å². The normalized spacial score (nSPS) is 20.1. The van der Waals surface area contributed by atoms with Crippen LogP contribution in [0.15, 0.2) is 35.9 Å². The lowest BCUT2D eigenvalue weighted by Gasteiger charge is -2.24. The van der Waals surface area contributed by atoms with Crippen molar-refractivity contribution in [2.75, 3.05) is 6.61 Å². The third-order valence-electron chi connectivity index (χ3n) is 4.17. The van der Waals surface area contributed by atoms with Crippen LogP contribution in [0.2, 0.25) is 0 Å². The maximum atomic E-state index is 9.39. The molecule has 0 spiro atoms. The van der Waals surface area contributed by atoms with E-state index in [1.807, 2.05) is 6.92 Å². The summed E-state index contributed by atoms with van der Waals surface area (Å²) in [6, 6.07) is 8.53. The Hall–Kier alpha value is -1.54. The molecule has 0 unspecified atom stereocenters. The van der Waals surface area contributed by atoms with Gasteiger partial charge in [-0.3, -0.25) is 0 Å². The number of hydrogen-bond acceptors (Lipinski definition) is 1. The van der Waals surface area contributed by atoms with E-state index in [2.05, 4.69) is 35.3 Å². The highest BCUT2D eigenvalue weighted by molar-refractivity contribution is 5.84. The average Bonchev–Trinajstić information content (AvgIpc) is 2.78. The summed E-state index contributed by atoms with van der Waals surface area (Å²) in [6.07, 6.45) is 5.36. The second-order valence-electron chi connectivity index (χ2n) is 5.09. The number of nitrogens with one attached hydrogen (secondary N) is 1. The highest BCUT2D eigenvalue weighted by Gasteiger charge is 2.23. The van der Waals surface area contributed by atoms with Crippen molar-refractivity contribution in [3.63, 3.8) is 0 Å². The molecule has 3 rings (SSSR count). The van der Waals surface area contributed by atoms with Gasteiger partial charge in [0.2, 0.25) is 0 Å². The summed E-state index contributed by atoms with van der Waals surface area (Å²) < 4.78 is 0. The van der Waals surface area contributed by atoms with E-state index in [0.717, 1.165) is 19.3 Å². The van der Waals surface area contributed by atoms with Crippen molar-refractivity contribution in [1.29, 1.82) is 0 Å². The molecular formula is C16H19NO. The van der Waals surface area contributed by atoms with Gasteiger partial charge in [-0.05, 0) is 49.3 Å². The molecular weight excluding hydrogens is 222 g/mol. The Kier molecular flexibility index (Phi) is 2.96. The lowest BCUT2D eigenvalue weighted by atomic mass is 9.82. The number of aromatic amines is 1. The second kappa shape index (κ2) is 4.62. The van der Waals surface area contributed by atoms with Gasteiger partial charge in [-0.25, -0.2) is 0 Å². The molecule has 1 atom stereocenters. The average molecular weight is 241 g/mol. The van der Waals surface area contributed by atoms with Gasteiger partial charge in [0.15, 0.2) is 0 Å². The number of aliphatic hydroxyl groups is 1. The molecule has 0 saturated heterocycles. The molecule has 0 radical (unpaired) electrons. The Labute approximate surface area is 107 Å². The summed E-state index contributed by atoms with van der Waals surface area (Å²) in [4.78, 5) is 3.54. The van der Waals surface area contributed by atoms with Gasteiger partial charge in [0.1, 0.15) is 0 Å². The predicted octanol–water partition coefficient (Wildman–Crippen LogP) is 3.21. The zero-order valence-corrected chi connectivity index (χ0v) is 10.7. The fourth-order valence-corrected chi connectivity index (χ4v) is 3.16. The third-order valence-corrected chi connectivity index (χ3v) is 4.17. The van der Waals surface area contributed by atoms with E-state index in [1.54, 1.807) is 0 Å². The number of benzene rings is 1. The lowest BCUT2D eigenvalue weighted by molar-refractivity contribution is 0.307. The van der Waals surface area contributed by atoms with E-state index in [1.165, 1.54) is 27.7 Å². The first-order chi connectivity index (χ1) is 8.83. The minimum absolute atomic E-state index is 0.191. The summed E-state index contributed by atoms with van der Waals surface area (Å²) in [7, 11) is 0. The number of aromatic nitrogens is 1. The minimum Gasteiger partial charge on any atom is -0.392 e. The molecule has 1 aromatic carbocycles. The minimum atomic E-state index is 0.191. The van der Waals surface area contributed by atoms with Gasteiger partial charge in [0.05, 0.1) is 6.61 Å². The number of para-hydroxylation sites is 1. The van der Waals surface area contributed by atoms with Crippen molar-refractivity contribution in [2.24, 2.45) is 5.92 Å². The van der Waals surface area contributed by atoms with Gasteiger partial charge in [-0.15, -0.1) is 0 Å². The Morgan fingerprint density at radius 2 is 2.28 bits per heavy atom. The lowest BCUT2D eigenvalue weighted by Crippen LogP contribution is -2.17. The van der Waals surface area contributed by atoms with Crippen molar-refractivity contribution < 1.29 is 5.11 Å². The van der Waals surface area contributed by atoms with Crippen LogP contribution in [-0.2, 0) is 12.8 Å². The van der Waals surface area contributed by atoms with Crippen molar-refractivity contribution >= 4 is 10.9 Å². The first-order valence-corrected chi connectivity index (χ1v) is 6.68. The maximum absolute atomic E-state index is 9.39. The predicted molar refractivity (Wildman–Crippen MR) is 74.7 cm³/mol. The summed E-state index contributed by atoms with van der Waals surface area (Å²) in [5, 5.41) is 10.8. The number of fused-ring (bicyclic) bond motifs is 3. The topological polar surface area (TPSA) is 36.0 Å². The van der Waals surface area contributed by atoms with Gasteiger partial charge in [0.25, 0.3) is 0 Å². The molecule has 2 heteroatoms. The Balaban J connectivity index is 1.98. The van der Waals surface area contributed by atoms with Crippen LogP contribution in [0.1, 0.15) is 24.6 Å². The summed E-state index contributed by atoms with van der Waals surface area (Å²) in [5.41, 5.74) is 5.27. The van der Waals surface area contributed by atoms with Gasteiger partial charge in [0, 0.05) is 16.6 Å². The number of hydrogen-bond donors (Lipinski definition) is 2. The molecule has 1 heterocycles. The first-order valence-electron chi connectivity index (χ1n) is 6.68. The molecule has 18 heavy (non-hydrogen) atoms. The largest absolute Gasteiger partial charge is 0.392 e. The van der Waals surface area contributed by atoms with Gasteiger partial charge < -0.3 is 10.1 Å². The molecule has 0 amide bonds. The van der Waals surface area contributed by atoms with Crippen molar-refractivity contribution in [3.8, 4) is 0 Å². The Bertz CT molecular complexity index is 594. The fourth-order valence-electron chi connectivity index (χ4n) is 3.16. The molecule has 1 aromatic heterocycles. The van der Waals surface area contributed by atoms with E-state index < -0.39 is 0 Å². The number of H-pyrrole nitrogens is 1. The van der Waals surface area contributed by atoms with E-state index in [4.69, 9.17) is 0 Å². The van der Waals surface area contributed by atoms with Crippen LogP contribution in [0.3, 0.4) is 0 Å². The van der Waals surface area contributed by atoms with Crippen LogP contribution >= 0.6 is 0 Å². The monoisotopic (exact) mass is 241 g/mol. The molecule has 0 bridgehead atoms. The third kappa shape index (κ3) is 1.77. The van der Waals surface area contributed by atoms with Crippen LogP contribution in [0.25, 0.3) is 10.9 Å². The first kappa shape index (κ1) is 11.5. The fraction of sp³-hybridized carbons (Fsp3) is 0.375. The Morgan fingerprint density at radius 1 is 1.44 bits per heavy atom. The molecule has 2 N–H and O–H groups in total. The molecule has 0 aliphatic heterocycles. The smallest absolute Gasteiger partial charge is 0.0644 e. The molecule has 2 aromatic rings. The summed E-state index contributed by atoms with van der Waals surface area (Å²) in [6.45, 7) is 2.21. The zero-order valence-electron chi connectivity index (χ0n) is 10.7. The highest BCUT2D eigenvalue weighted by atomic mass is 16.3. The van der Waals surface area contributed by atoms with Crippen molar-refractivity contribution in [2.45, 2.75) is 26.2 Å². The summed E-state index contributed by atoms with van der Waals surface area (Å²) >= 11 is 0. The van der Waals surface area contributed by atoms with Crippen molar-refractivity contribution in [1.82, 2.24) is 4.98 Å². The molecule has 94 valence electrons. The van der Waals surface area contributed by atoms with Crippen LogP contribution in [0.5, 0.6) is 0 Å². The van der Waals surface area contributed by atoms with Gasteiger partial charge in [-0.2, -0.15) is 0 Å². The highest BCUT2D eigenvalue weighted by Crippen LogP contribution is 2.34. The zero-order chi connectivity index (χ0) is 12.5. The van der Waals surface area contributed by atoms with E-state index in [9.17, 15) is 5.11 Å². The van der Waals surface area contributed by atoms with E-state index in [-0.39, 0.29) is 6.61 Å².